The van der Waals surface area contributed by atoms with E-state index in [1.165, 1.54) is 18.2 Å². The molecule has 0 fully saturated rings. The summed E-state index contributed by atoms with van der Waals surface area (Å²) in [6.07, 6.45) is 3.09. The van der Waals surface area contributed by atoms with Gasteiger partial charge in [-0.3, -0.25) is 4.79 Å². The Bertz CT molecular complexity index is 1050. The van der Waals surface area contributed by atoms with Gasteiger partial charge in [-0.05, 0) is 48.4 Å². The van der Waals surface area contributed by atoms with Crippen LogP contribution in [0, 0.1) is 0 Å². The third kappa shape index (κ3) is 4.90. The maximum Gasteiger partial charge on any atom is 0.246 e. The van der Waals surface area contributed by atoms with E-state index in [1.807, 2.05) is 6.92 Å². The van der Waals surface area contributed by atoms with Crippen LogP contribution in [-0.4, -0.2) is 39.5 Å². The van der Waals surface area contributed by atoms with Crippen LogP contribution in [0.25, 0.3) is 6.08 Å². The number of primary sulfonamides is 1. The Morgan fingerprint density at radius 2 is 1.86 bits per heavy atom. The minimum absolute atomic E-state index is 0.0258. The topological polar surface area (TPSA) is 98.9 Å². The number of ether oxygens (including phenoxy) is 2. The van der Waals surface area contributed by atoms with Gasteiger partial charge in [0.05, 0.1) is 16.0 Å². The predicted molar refractivity (Wildman–Crippen MR) is 110 cm³/mol. The van der Waals surface area contributed by atoms with E-state index in [9.17, 15) is 13.2 Å². The summed E-state index contributed by atoms with van der Waals surface area (Å²) in [6, 6.07) is 9.31. The predicted octanol–water partition coefficient (Wildman–Crippen LogP) is 2.99. The number of hydrogen-bond acceptors (Lipinski definition) is 5. The zero-order valence-electron chi connectivity index (χ0n) is 16.0. The Labute approximate surface area is 174 Å². The molecule has 2 aromatic rings. The molecule has 1 amide bonds. The van der Waals surface area contributed by atoms with Gasteiger partial charge >= 0.3 is 0 Å². The van der Waals surface area contributed by atoms with Crippen LogP contribution in [0.15, 0.2) is 47.4 Å². The standard InChI is InChI=1S/C20H21ClN2O5S/c1-13(15-4-6-16(7-5-15)29(22,25)26)23(2)19(24)8-3-14-11-17(21)20-18(12-14)27-9-10-28-20/h3-8,11-13H,9-10H2,1-2H3,(H2,22,25,26)/b8-3+/t13-/m0/s1. The highest BCUT2D eigenvalue weighted by atomic mass is 35.5. The van der Waals surface area contributed by atoms with Gasteiger partial charge in [0.1, 0.15) is 13.2 Å². The van der Waals surface area contributed by atoms with Crippen LogP contribution < -0.4 is 14.6 Å². The zero-order chi connectivity index (χ0) is 21.2. The number of halogens is 1. The number of hydrogen-bond donors (Lipinski definition) is 1. The van der Waals surface area contributed by atoms with Crippen molar-refractivity contribution in [3.05, 3.63) is 58.6 Å². The van der Waals surface area contributed by atoms with E-state index in [2.05, 4.69) is 0 Å². The lowest BCUT2D eigenvalue weighted by atomic mass is 10.1. The monoisotopic (exact) mass is 436 g/mol. The molecule has 3 rings (SSSR count). The van der Waals surface area contributed by atoms with E-state index in [-0.39, 0.29) is 16.8 Å². The molecule has 0 saturated heterocycles. The summed E-state index contributed by atoms with van der Waals surface area (Å²) in [5.74, 6) is 0.835. The third-order valence-electron chi connectivity index (χ3n) is 4.66. The first-order valence-electron chi connectivity index (χ1n) is 8.83. The first-order valence-corrected chi connectivity index (χ1v) is 10.8. The van der Waals surface area contributed by atoms with Crippen molar-refractivity contribution in [3.8, 4) is 11.5 Å². The van der Waals surface area contributed by atoms with Crippen LogP contribution in [0.5, 0.6) is 11.5 Å². The van der Waals surface area contributed by atoms with Gasteiger partial charge < -0.3 is 14.4 Å². The minimum Gasteiger partial charge on any atom is -0.486 e. The average molecular weight is 437 g/mol. The Balaban J connectivity index is 1.72. The number of rotatable bonds is 5. The molecule has 0 spiro atoms. The van der Waals surface area contributed by atoms with E-state index in [4.69, 9.17) is 26.2 Å². The Morgan fingerprint density at radius 3 is 2.52 bits per heavy atom. The van der Waals surface area contributed by atoms with E-state index >= 15 is 0 Å². The van der Waals surface area contributed by atoms with Crippen LogP contribution in [-0.2, 0) is 14.8 Å². The first-order chi connectivity index (χ1) is 13.7. The van der Waals surface area contributed by atoms with E-state index < -0.39 is 10.0 Å². The largest absolute Gasteiger partial charge is 0.486 e. The molecule has 0 aliphatic carbocycles. The number of carbonyl (C=O) groups is 1. The van der Waals surface area contributed by atoms with Gasteiger partial charge in [-0.25, -0.2) is 13.6 Å². The summed E-state index contributed by atoms with van der Waals surface area (Å²) in [5.41, 5.74) is 1.50. The molecule has 1 heterocycles. The number of nitrogens with zero attached hydrogens (tertiary/aromatic N) is 1. The molecule has 1 atom stereocenters. The number of sulfonamides is 1. The van der Waals surface area contributed by atoms with Gasteiger partial charge in [0.25, 0.3) is 0 Å². The lowest BCUT2D eigenvalue weighted by molar-refractivity contribution is -0.126. The number of amides is 1. The molecule has 7 nitrogen and oxygen atoms in total. The van der Waals surface area contributed by atoms with Gasteiger partial charge in [-0.2, -0.15) is 0 Å². The molecule has 154 valence electrons. The lowest BCUT2D eigenvalue weighted by Gasteiger charge is -2.24. The molecule has 0 saturated carbocycles. The maximum absolute atomic E-state index is 12.6. The quantitative estimate of drug-likeness (QED) is 0.726. The number of benzene rings is 2. The Hall–Kier alpha value is -2.55. The van der Waals surface area contributed by atoms with Crippen LogP contribution in [0.1, 0.15) is 24.1 Å². The fraction of sp³-hybridized carbons (Fsp3) is 0.250. The SMILES string of the molecule is C[C@@H](c1ccc(S(N)(=O)=O)cc1)N(C)C(=O)/C=C/c1cc(Cl)c2c(c1)OCCO2. The van der Waals surface area contributed by atoms with Crippen LogP contribution in [0.3, 0.4) is 0 Å². The molecule has 0 unspecified atom stereocenters. The number of nitrogens with two attached hydrogens (primary N) is 1. The van der Waals surface area contributed by atoms with Crippen molar-refractivity contribution in [1.29, 1.82) is 0 Å². The van der Waals surface area contributed by atoms with E-state index in [0.29, 0.717) is 35.3 Å². The summed E-state index contributed by atoms with van der Waals surface area (Å²) in [4.78, 5) is 14.1. The summed E-state index contributed by atoms with van der Waals surface area (Å²) < 4.78 is 33.8. The molecule has 0 bridgehead atoms. The highest BCUT2D eigenvalue weighted by Crippen LogP contribution is 2.38. The molecule has 2 aromatic carbocycles. The summed E-state index contributed by atoms with van der Waals surface area (Å²) in [7, 11) is -2.08. The summed E-state index contributed by atoms with van der Waals surface area (Å²) in [6.45, 7) is 2.74. The van der Waals surface area contributed by atoms with Gasteiger partial charge in [0, 0.05) is 13.1 Å². The Morgan fingerprint density at radius 1 is 1.21 bits per heavy atom. The van der Waals surface area contributed by atoms with Gasteiger partial charge in [0.2, 0.25) is 15.9 Å². The normalized spacial score (nSPS) is 14.6. The molecule has 1 aliphatic rings. The second-order valence-corrected chi connectivity index (χ2v) is 8.57. The van der Waals surface area contributed by atoms with Crippen molar-refractivity contribution >= 4 is 33.6 Å². The van der Waals surface area contributed by atoms with Crippen molar-refractivity contribution in [2.75, 3.05) is 20.3 Å². The molecular formula is C20H21ClN2O5S. The number of carbonyl (C=O) groups excluding carboxylic acids is 1. The smallest absolute Gasteiger partial charge is 0.246 e. The van der Waals surface area contributed by atoms with E-state index in [0.717, 1.165) is 5.56 Å². The second kappa shape index (κ2) is 8.44. The molecule has 29 heavy (non-hydrogen) atoms. The maximum atomic E-state index is 12.6. The zero-order valence-corrected chi connectivity index (χ0v) is 17.5. The van der Waals surface area contributed by atoms with Crippen molar-refractivity contribution in [3.63, 3.8) is 0 Å². The fourth-order valence-corrected chi connectivity index (χ4v) is 3.65. The number of fused-ring (bicyclic) bond motifs is 1. The third-order valence-corrected chi connectivity index (χ3v) is 5.87. The van der Waals surface area contributed by atoms with Crippen LogP contribution in [0.2, 0.25) is 5.02 Å². The molecule has 1 aliphatic heterocycles. The van der Waals surface area contributed by atoms with Gasteiger partial charge in [-0.1, -0.05) is 23.7 Å². The molecule has 0 radical (unpaired) electrons. The highest BCUT2D eigenvalue weighted by molar-refractivity contribution is 7.89. The summed E-state index contributed by atoms with van der Waals surface area (Å²) in [5, 5.41) is 5.53. The van der Waals surface area contributed by atoms with E-state index in [1.54, 1.807) is 42.3 Å². The molecule has 9 heteroatoms. The highest BCUT2D eigenvalue weighted by Gasteiger charge is 2.18. The van der Waals surface area contributed by atoms with Crippen molar-refractivity contribution < 1.29 is 22.7 Å². The van der Waals surface area contributed by atoms with Crippen LogP contribution >= 0.6 is 11.6 Å². The van der Waals surface area contributed by atoms with Crippen LogP contribution in [0.4, 0.5) is 0 Å². The molecule has 2 N–H and O–H groups in total. The van der Waals surface area contributed by atoms with Crippen molar-refractivity contribution in [2.45, 2.75) is 17.9 Å². The Kier molecular flexibility index (Phi) is 6.16. The van der Waals surface area contributed by atoms with Gasteiger partial charge in [0.15, 0.2) is 11.5 Å². The second-order valence-electron chi connectivity index (χ2n) is 6.60. The summed E-state index contributed by atoms with van der Waals surface area (Å²) >= 11 is 6.21. The number of likely N-dealkylation sites (N-methyl/N-ethyl adjacent to an activating group) is 1. The van der Waals surface area contributed by atoms with Crippen molar-refractivity contribution in [2.24, 2.45) is 5.14 Å². The lowest BCUT2D eigenvalue weighted by Crippen LogP contribution is -2.28. The first kappa shape index (κ1) is 21.2. The minimum atomic E-state index is -3.75. The van der Waals surface area contributed by atoms with Crippen molar-refractivity contribution in [1.82, 2.24) is 4.90 Å². The molecular weight excluding hydrogens is 416 g/mol. The average Bonchev–Trinajstić information content (AvgIpc) is 2.70. The molecule has 0 aromatic heterocycles. The fourth-order valence-electron chi connectivity index (χ4n) is 2.86. The van der Waals surface area contributed by atoms with Gasteiger partial charge in [-0.15, -0.1) is 0 Å².